The van der Waals surface area contributed by atoms with Crippen LogP contribution in [-0.2, 0) is 21.9 Å². The SMILES string of the molecule is COc1ccc(CSCC(=O)N(Cc2ccc(Cl)c(Cl)c2)[C@@H](C)C(=O)NC2CCCCC2)cc1. The molecular formula is C26H32Cl2N2O3S. The Labute approximate surface area is 216 Å². The number of halogens is 2. The minimum Gasteiger partial charge on any atom is -0.497 e. The van der Waals surface area contributed by atoms with Gasteiger partial charge in [0.2, 0.25) is 11.8 Å². The number of carbonyl (C=O) groups is 2. The number of rotatable bonds is 10. The molecule has 0 aromatic heterocycles. The fourth-order valence-corrected chi connectivity index (χ4v) is 5.24. The summed E-state index contributed by atoms with van der Waals surface area (Å²) in [5.41, 5.74) is 1.94. The number of methoxy groups -OCH3 is 1. The summed E-state index contributed by atoms with van der Waals surface area (Å²) < 4.78 is 5.20. The Morgan fingerprint density at radius 3 is 2.38 bits per heavy atom. The van der Waals surface area contributed by atoms with E-state index in [9.17, 15) is 9.59 Å². The number of carbonyl (C=O) groups excluding carboxylic acids is 2. The van der Waals surface area contributed by atoms with Crippen molar-refractivity contribution in [2.45, 2.75) is 63.4 Å². The highest BCUT2D eigenvalue weighted by Gasteiger charge is 2.28. The number of nitrogens with zero attached hydrogens (tertiary/aromatic N) is 1. The van der Waals surface area contributed by atoms with Crippen LogP contribution in [0, 0.1) is 0 Å². The highest BCUT2D eigenvalue weighted by Crippen LogP contribution is 2.25. The van der Waals surface area contributed by atoms with Crippen LogP contribution >= 0.6 is 35.0 Å². The molecule has 1 saturated carbocycles. The van der Waals surface area contributed by atoms with Gasteiger partial charge < -0.3 is 15.0 Å². The summed E-state index contributed by atoms with van der Waals surface area (Å²) in [5.74, 6) is 1.57. The van der Waals surface area contributed by atoms with Gasteiger partial charge in [0.1, 0.15) is 11.8 Å². The molecule has 184 valence electrons. The zero-order valence-corrected chi connectivity index (χ0v) is 22.0. The lowest BCUT2D eigenvalue weighted by Crippen LogP contribution is -2.50. The van der Waals surface area contributed by atoms with E-state index in [0.29, 0.717) is 15.8 Å². The molecule has 8 heteroatoms. The van der Waals surface area contributed by atoms with Crippen molar-refractivity contribution in [3.63, 3.8) is 0 Å². The average Bonchev–Trinajstić information content (AvgIpc) is 2.85. The van der Waals surface area contributed by atoms with E-state index in [4.69, 9.17) is 27.9 Å². The third kappa shape index (κ3) is 7.82. The summed E-state index contributed by atoms with van der Waals surface area (Å²) in [5, 5.41) is 4.04. The number of hydrogen-bond acceptors (Lipinski definition) is 4. The van der Waals surface area contributed by atoms with Crippen molar-refractivity contribution in [3.05, 3.63) is 63.6 Å². The van der Waals surface area contributed by atoms with E-state index in [0.717, 1.165) is 42.6 Å². The van der Waals surface area contributed by atoms with Crippen molar-refractivity contribution < 1.29 is 14.3 Å². The molecule has 0 heterocycles. The molecule has 2 amide bonds. The topological polar surface area (TPSA) is 58.6 Å². The Morgan fingerprint density at radius 1 is 1.06 bits per heavy atom. The Morgan fingerprint density at radius 2 is 1.74 bits per heavy atom. The molecule has 0 saturated heterocycles. The minimum absolute atomic E-state index is 0.0871. The second-order valence-electron chi connectivity index (χ2n) is 8.63. The molecule has 0 aliphatic heterocycles. The molecule has 2 aromatic rings. The van der Waals surface area contributed by atoms with Gasteiger partial charge in [-0.1, -0.05) is 60.7 Å². The van der Waals surface area contributed by atoms with Gasteiger partial charge in [-0.2, -0.15) is 0 Å². The Hall–Kier alpha value is -1.89. The molecule has 1 aliphatic carbocycles. The standard InChI is InChI=1S/C26H32Cl2N2O3S/c1-18(26(32)29-21-6-4-3-5-7-21)30(15-20-10-13-23(27)24(28)14-20)25(31)17-34-16-19-8-11-22(33-2)12-9-19/h8-14,18,21H,3-7,15-17H2,1-2H3,(H,29,32)/t18-/m0/s1. The van der Waals surface area contributed by atoms with E-state index < -0.39 is 6.04 Å². The summed E-state index contributed by atoms with van der Waals surface area (Å²) in [4.78, 5) is 28.0. The van der Waals surface area contributed by atoms with Gasteiger partial charge in [0.25, 0.3) is 0 Å². The molecule has 0 unspecified atom stereocenters. The molecule has 0 bridgehead atoms. The molecule has 5 nitrogen and oxygen atoms in total. The Balaban J connectivity index is 1.66. The Bertz CT molecular complexity index is 965. The van der Waals surface area contributed by atoms with E-state index in [-0.39, 0.29) is 30.2 Å². The van der Waals surface area contributed by atoms with Gasteiger partial charge >= 0.3 is 0 Å². The highest BCUT2D eigenvalue weighted by atomic mass is 35.5. The molecule has 0 spiro atoms. The van der Waals surface area contributed by atoms with Crippen LogP contribution in [-0.4, -0.2) is 41.7 Å². The molecule has 1 atom stereocenters. The van der Waals surface area contributed by atoms with Crippen LogP contribution in [0.3, 0.4) is 0 Å². The van der Waals surface area contributed by atoms with Crippen molar-refractivity contribution in [3.8, 4) is 5.75 Å². The second-order valence-corrected chi connectivity index (χ2v) is 10.4. The number of benzene rings is 2. The highest BCUT2D eigenvalue weighted by molar-refractivity contribution is 7.99. The maximum absolute atomic E-state index is 13.3. The summed E-state index contributed by atoms with van der Waals surface area (Å²) >= 11 is 13.8. The maximum Gasteiger partial charge on any atom is 0.242 e. The van der Waals surface area contributed by atoms with Crippen molar-refractivity contribution in [2.75, 3.05) is 12.9 Å². The molecule has 3 rings (SSSR count). The van der Waals surface area contributed by atoms with E-state index in [1.165, 1.54) is 18.2 Å². The molecule has 1 aliphatic rings. The summed E-state index contributed by atoms with van der Waals surface area (Å²) in [6.45, 7) is 2.08. The van der Waals surface area contributed by atoms with Gasteiger partial charge in [-0.25, -0.2) is 0 Å². The van der Waals surface area contributed by atoms with Crippen LogP contribution in [0.15, 0.2) is 42.5 Å². The normalized spacial score (nSPS) is 14.9. The van der Waals surface area contributed by atoms with Crippen LogP contribution in [0.4, 0.5) is 0 Å². The van der Waals surface area contributed by atoms with Gasteiger partial charge in [-0.05, 0) is 55.2 Å². The zero-order chi connectivity index (χ0) is 24.5. The number of thioether (sulfide) groups is 1. The predicted octanol–water partition coefficient (Wildman–Crippen LogP) is 6.10. The summed E-state index contributed by atoms with van der Waals surface area (Å²) in [6, 6.07) is 12.7. The van der Waals surface area contributed by atoms with Gasteiger partial charge in [0.15, 0.2) is 0 Å². The first-order chi connectivity index (χ1) is 16.4. The molecule has 1 N–H and O–H groups in total. The van der Waals surface area contributed by atoms with Crippen LogP contribution < -0.4 is 10.1 Å². The molecule has 1 fully saturated rings. The quantitative estimate of drug-likeness (QED) is 0.409. The molecule has 0 radical (unpaired) electrons. The first-order valence-corrected chi connectivity index (χ1v) is 13.5. The maximum atomic E-state index is 13.3. The number of nitrogens with one attached hydrogen (secondary N) is 1. The van der Waals surface area contributed by atoms with Crippen LogP contribution in [0.25, 0.3) is 0 Å². The second kappa shape index (κ2) is 13.3. The minimum atomic E-state index is -0.592. The van der Waals surface area contributed by atoms with Crippen molar-refractivity contribution in [1.29, 1.82) is 0 Å². The van der Waals surface area contributed by atoms with Crippen LogP contribution in [0.2, 0.25) is 10.0 Å². The summed E-state index contributed by atoms with van der Waals surface area (Å²) in [7, 11) is 1.64. The van der Waals surface area contributed by atoms with E-state index in [1.807, 2.05) is 30.3 Å². The van der Waals surface area contributed by atoms with E-state index >= 15 is 0 Å². The monoisotopic (exact) mass is 522 g/mol. The van der Waals surface area contributed by atoms with Crippen molar-refractivity contribution in [2.24, 2.45) is 0 Å². The van der Waals surface area contributed by atoms with Crippen LogP contribution in [0.1, 0.15) is 50.2 Å². The zero-order valence-electron chi connectivity index (χ0n) is 19.7. The lowest BCUT2D eigenvalue weighted by atomic mass is 9.95. The van der Waals surface area contributed by atoms with Crippen LogP contribution in [0.5, 0.6) is 5.75 Å². The number of hydrogen-bond donors (Lipinski definition) is 1. The average molecular weight is 524 g/mol. The van der Waals surface area contributed by atoms with Gasteiger partial charge in [-0.3, -0.25) is 9.59 Å². The molecular weight excluding hydrogens is 491 g/mol. The summed E-state index contributed by atoms with van der Waals surface area (Å²) in [6.07, 6.45) is 5.48. The third-order valence-electron chi connectivity index (χ3n) is 6.11. The first kappa shape index (κ1) is 26.7. The fourth-order valence-electron chi connectivity index (χ4n) is 4.05. The third-order valence-corrected chi connectivity index (χ3v) is 7.84. The lowest BCUT2D eigenvalue weighted by molar-refractivity contribution is -0.139. The largest absolute Gasteiger partial charge is 0.497 e. The van der Waals surface area contributed by atoms with Gasteiger partial charge in [-0.15, -0.1) is 11.8 Å². The molecule has 34 heavy (non-hydrogen) atoms. The predicted molar refractivity (Wildman–Crippen MR) is 141 cm³/mol. The number of amides is 2. The van der Waals surface area contributed by atoms with E-state index in [1.54, 1.807) is 31.1 Å². The lowest BCUT2D eigenvalue weighted by Gasteiger charge is -2.31. The smallest absolute Gasteiger partial charge is 0.242 e. The molecule has 2 aromatic carbocycles. The van der Waals surface area contributed by atoms with Gasteiger partial charge in [0, 0.05) is 18.3 Å². The van der Waals surface area contributed by atoms with E-state index in [2.05, 4.69) is 5.32 Å². The Kier molecular flexibility index (Phi) is 10.4. The van der Waals surface area contributed by atoms with Crippen molar-refractivity contribution in [1.82, 2.24) is 10.2 Å². The van der Waals surface area contributed by atoms with Crippen molar-refractivity contribution >= 4 is 46.8 Å². The number of ether oxygens (including phenoxy) is 1. The van der Waals surface area contributed by atoms with Gasteiger partial charge in [0.05, 0.1) is 22.9 Å². The fraction of sp³-hybridized carbons (Fsp3) is 0.462. The first-order valence-electron chi connectivity index (χ1n) is 11.6.